The van der Waals surface area contributed by atoms with Gasteiger partial charge in [-0.05, 0) is 12.1 Å². The van der Waals surface area contributed by atoms with Crippen LogP contribution in [-0.4, -0.2) is 26.0 Å². The Bertz CT molecular complexity index is 830. The van der Waals surface area contributed by atoms with E-state index in [1.54, 1.807) is 0 Å². The van der Waals surface area contributed by atoms with E-state index in [0.29, 0.717) is 0 Å². The minimum Gasteiger partial charge on any atom is -0.495 e. The van der Waals surface area contributed by atoms with Crippen LogP contribution in [0.4, 0.5) is 20.2 Å². The third-order valence-electron chi connectivity index (χ3n) is 3.11. The second kappa shape index (κ2) is 7.80. The van der Waals surface area contributed by atoms with Gasteiger partial charge in [0.05, 0.1) is 24.9 Å². The Morgan fingerprint density at radius 1 is 0.920 bits per heavy atom. The fourth-order valence-corrected chi connectivity index (χ4v) is 2.13. The summed E-state index contributed by atoms with van der Waals surface area (Å²) in [6.45, 7) is 0. The molecule has 6 nitrogen and oxygen atoms in total. The van der Waals surface area contributed by atoms with Crippen molar-refractivity contribution in [1.82, 2.24) is 0 Å². The summed E-state index contributed by atoms with van der Waals surface area (Å²) >= 11 is 5.95. The van der Waals surface area contributed by atoms with E-state index < -0.39 is 23.4 Å². The fourth-order valence-electron chi connectivity index (χ4n) is 1.90. The lowest BCUT2D eigenvalue weighted by Gasteiger charge is -2.13. The molecule has 0 saturated heterocycles. The van der Waals surface area contributed by atoms with Gasteiger partial charge in [-0.15, -0.1) is 0 Å². The number of hydrogen-bond donors (Lipinski definition) is 2. The molecule has 0 radical (unpaired) electrons. The lowest BCUT2D eigenvalue weighted by atomic mass is 10.2. The van der Waals surface area contributed by atoms with Gasteiger partial charge in [-0.2, -0.15) is 0 Å². The Morgan fingerprint density at radius 2 is 1.56 bits per heavy atom. The van der Waals surface area contributed by atoms with Crippen molar-refractivity contribution in [1.29, 1.82) is 0 Å². The predicted molar refractivity (Wildman–Crippen MR) is 88.2 cm³/mol. The molecule has 25 heavy (non-hydrogen) atoms. The highest BCUT2D eigenvalue weighted by Crippen LogP contribution is 2.35. The average molecular weight is 371 g/mol. The molecule has 2 rings (SSSR count). The van der Waals surface area contributed by atoms with Crippen molar-refractivity contribution in [3.63, 3.8) is 0 Å². The zero-order valence-electron chi connectivity index (χ0n) is 13.2. The Morgan fingerprint density at radius 3 is 2.16 bits per heavy atom. The molecule has 2 amide bonds. The molecule has 2 aromatic carbocycles. The van der Waals surface area contributed by atoms with E-state index in [0.717, 1.165) is 18.2 Å². The van der Waals surface area contributed by atoms with Gasteiger partial charge in [-0.25, -0.2) is 8.78 Å². The van der Waals surface area contributed by atoms with Crippen LogP contribution in [0.5, 0.6) is 11.5 Å². The highest BCUT2D eigenvalue weighted by Gasteiger charge is 2.18. The Labute approximate surface area is 146 Å². The van der Waals surface area contributed by atoms with Gasteiger partial charge in [0.1, 0.15) is 11.5 Å². The second-order valence-electron chi connectivity index (χ2n) is 4.72. The van der Waals surface area contributed by atoms with E-state index in [2.05, 4.69) is 10.6 Å². The van der Waals surface area contributed by atoms with Crippen molar-refractivity contribution in [2.45, 2.75) is 0 Å². The molecule has 0 spiro atoms. The number of carbonyl (C=O) groups is 2. The van der Waals surface area contributed by atoms with Gasteiger partial charge in [-0.1, -0.05) is 11.6 Å². The van der Waals surface area contributed by atoms with Crippen molar-refractivity contribution in [2.75, 3.05) is 24.9 Å². The predicted octanol–water partition coefficient (Wildman–Crippen LogP) is 3.21. The molecular weight excluding hydrogens is 358 g/mol. The fraction of sp³-hybridized carbons (Fsp3) is 0.125. The third kappa shape index (κ3) is 4.36. The quantitative estimate of drug-likeness (QED) is 0.810. The van der Waals surface area contributed by atoms with Crippen molar-refractivity contribution < 1.29 is 27.8 Å². The largest absolute Gasteiger partial charge is 0.495 e. The maximum Gasteiger partial charge on any atom is 0.314 e. The zero-order chi connectivity index (χ0) is 18.6. The standard InChI is InChI=1S/C16H13ClF2N2O4/c1-24-13-7-12(14(25-2)6-9(13)17)21-16(23)15(22)20-8-3-4-10(18)11(19)5-8/h3-7H,1-2H3,(H,20,22)(H,21,23). The maximum absolute atomic E-state index is 13.1. The van der Waals surface area contributed by atoms with Crippen LogP contribution in [0.1, 0.15) is 0 Å². The Hall–Kier alpha value is -2.87. The number of nitrogens with one attached hydrogen (secondary N) is 2. The van der Waals surface area contributed by atoms with E-state index >= 15 is 0 Å². The van der Waals surface area contributed by atoms with Gasteiger partial charge in [0, 0.05) is 23.9 Å². The molecule has 9 heteroatoms. The van der Waals surface area contributed by atoms with E-state index in [1.165, 1.54) is 26.4 Å². The topological polar surface area (TPSA) is 76.7 Å². The number of hydrogen-bond acceptors (Lipinski definition) is 4. The van der Waals surface area contributed by atoms with Crippen LogP contribution in [0.15, 0.2) is 30.3 Å². The number of ether oxygens (including phenoxy) is 2. The maximum atomic E-state index is 13.1. The summed E-state index contributed by atoms with van der Waals surface area (Å²) in [7, 11) is 2.74. The van der Waals surface area contributed by atoms with E-state index in [9.17, 15) is 18.4 Å². The molecular formula is C16H13ClF2N2O4. The SMILES string of the molecule is COc1cc(NC(=O)C(=O)Nc2ccc(F)c(F)c2)c(OC)cc1Cl. The van der Waals surface area contributed by atoms with Gasteiger partial charge >= 0.3 is 11.8 Å². The lowest BCUT2D eigenvalue weighted by Crippen LogP contribution is -2.29. The molecule has 0 aromatic heterocycles. The number of halogens is 3. The van der Waals surface area contributed by atoms with Crippen LogP contribution in [-0.2, 0) is 9.59 Å². The minimum atomic E-state index is -1.15. The molecule has 0 atom stereocenters. The van der Waals surface area contributed by atoms with Crippen molar-refractivity contribution in [3.05, 3.63) is 47.0 Å². The first-order valence-electron chi connectivity index (χ1n) is 6.84. The highest BCUT2D eigenvalue weighted by atomic mass is 35.5. The molecule has 0 heterocycles. The van der Waals surface area contributed by atoms with Gasteiger partial charge in [0.2, 0.25) is 0 Å². The van der Waals surface area contributed by atoms with Crippen LogP contribution in [0.3, 0.4) is 0 Å². The normalized spacial score (nSPS) is 10.1. The van der Waals surface area contributed by atoms with Crippen molar-refractivity contribution >= 4 is 34.8 Å². The highest BCUT2D eigenvalue weighted by molar-refractivity contribution is 6.44. The van der Waals surface area contributed by atoms with Crippen molar-refractivity contribution in [3.8, 4) is 11.5 Å². The van der Waals surface area contributed by atoms with Gasteiger partial charge in [0.25, 0.3) is 0 Å². The molecule has 2 N–H and O–H groups in total. The smallest absolute Gasteiger partial charge is 0.314 e. The van der Waals surface area contributed by atoms with Gasteiger partial charge in [-0.3, -0.25) is 9.59 Å². The summed E-state index contributed by atoms with van der Waals surface area (Å²) in [6, 6.07) is 5.49. The number of benzene rings is 2. The zero-order valence-corrected chi connectivity index (χ0v) is 13.9. The minimum absolute atomic E-state index is 0.0697. The number of rotatable bonds is 4. The molecule has 0 aliphatic heterocycles. The summed E-state index contributed by atoms with van der Waals surface area (Å²) in [5.74, 6) is -3.88. The first kappa shape index (κ1) is 18.5. The van der Waals surface area contributed by atoms with Crippen LogP contribution < -0.4 is 20.1 Å². The van der Waals surface area contributed by atoms with Gasteiger partial charge in [0.15, 0.2) is 11.6 Å². The van der Waals surface area contributed by atoms with Crippen LogP contribution in [0, 0.1) is 11.6 Å². The van der Waals surface area contributed by atoms with Crippen LogP contribution in [0.25, 0.3) is 0 Å². The monoisotopic (exact) mass is 370 g/mol. The molecule has 0 aliphatic rings. The third-order valence-corrected chi connectivity index (χ3v) is 3.40. The van der Waals surface area contributed by atoms with E-state index in [-0.39, 0.29) is 27.9 Å². The second-order valence-corrected chi connectivity index (χ2v) is 5.13. The molecule has 0 unspecified atom stereocenters. The number of methoxy groups -OCH3 is 2. The van der Waals surface area contributed by atoms with Crippen molar-refractivity contribution in [2.24, 2.45) is 0 Å². The molecule has 132 valence electrons. The molecule has 2 aromatic rings. The van der Waals surface area contributed by atoms with E-state index in [4.69, 9.17) is 21.1 Å². The summed E-state index contributed by atoms with van der Waals surface area (Å²) in [4.78, 5) is 23.9. The summed E-state index contributed by atoms with van der Waals surface area (Å²) in [5, 5.41) is 4.73. The van der Waals surface area contributed by atoms with Gasteiger partial charge < -0.3 is 20.1 Å². The summed E-state index contributed by atoms with van der Waals surface area (Å²) in [6.07, 6.45) is 0. The Kier molecular flexibility index (Phi) is 5.76. The first-order valence-corrected chi connectivity index (χ1v) is 7.22. The Balaban J connectivity index is 2.15. The molecule has 0 saturated carbocycles. The summed E-state index contributed by atoms with van der Waals surface area (Å²) in [5.41, 5.74) is 0.0777. The number of carbonyl (C=O) groups excluding carboxylic acids is 2. The van der Waals surface area contributed by atoms with E-state index in [1.807, 2.05) is 0 Å². The number of amides is 2. The van der Waals surface area contributed by atoms with Crippen LogP contribution in [0.2, 0.25) is 5.02 Å². The average Bonchev–Trinajstić information content (AvgIpc) is 2.59. The van der Waals surface area contributed by atoms with Crippen LogP contribution >= 0.6 is 11.6 Å². The number of anilines is 2. The molecule has 0 bridgehead atoms. The first-order chi connectivity index (χ1) is 11.8. The lowest BCUT2D eigenvalue weighted by molar-refractivity contribution is -0.133. The summed E-state index contributed by atoms with van der Waals surface area (Å²) < 4.78 is 36.1. The molecule has 0 aliphatic carbocycles. The molecule has 0 fully saturated rings.